The molecule has 3 heteroatoms. The van der Waals surface area contributed by atoms with Crippen LogP contribution in [0.2, 0.25) is 0 Å². The molecule has 0 fully saturated rings. The van der Waals surface area contributed by atoms with Gasteiger partial charge in [-0.25, -0.2) is 0 Å². The summed E-state index contributed by atoms with van der Waals surface area (Å²) in [5.74, 6) is 0.499. The highest BCUT2D eigenvalue weighted by molar-refractivity contribution is 5.91. The van der Waals surface area contributed by atoms with Gasteiger partial charge in [0.15, 0.2) is 0 Å². The Morgan fingerprint density at radius 2 is 2.33 bits per heavy atom. The first-order valence-electron chi connectivity index (χ1n) is 2.99. The molecule has 9 heavy (non-hydrogen) atoms. The number of nitrogens with two attached hydrogens (primary N) is 2. The summed E-state index contributed by atoms with van der Waals surface area (Å²) in [6, 6.07) is 0. The zero-order chi connectivity index (χ0) is 7.11. The Labute approximate surface area is 55.4 Å². The van der Waals surface area contributed by atoms with Crippen LogP contribution in [0.3, 0.4) is 0 Å². The van der Waals surface area contributed by atoms with Crippen LogP contribution in [0.25, 0.3) is 0 Å². The summed E-state index contributed by atoms with van der Waals surface area (Å²) in [4.78, 5) is 3.96. The zero-order valence-electron chi connectivity index (χ0n) is 5.67. The lowest BCUT2D eigenvalue weighted by molar-refractivity contribution is 0.931. The highest BCUT2D eigenvalue weighted by Gasteiger charge is 1.79. The van der Waals surface area contributed by atoms with Crippen molar-refractivity contribution in [3.05, 3.63) is 12.3 Å². The molecule has 0 heterocycles. The van der Waals surface area contributed by atoms with Gasteiger partial charge >= 0.3 is 0 Å². The van der Waals surface area contributed by atoms with Crippen molar-refractivity contribution in [1.82, 2.24) is 0 Å². The van der Waals surface area contributed by atoms with Crippen molar-refractivity contribution in [3.63, 3.8) is 0 Å². The van der Waals surface area contributed by atoms with Crippen LogP contribution in [0.1, 0.15) is 13.3 Å². The molecule has 0 aliphatic heterocycles. The second-order valence-corrected chi connectivity index (χ2v) is 1.67. The summed E-state index contributed by atoms with van der Waals surface area (Å²) in [7, 11) is 0. The maximum absolute atomic E-state index is 5.35. The average Bonchev–Trinajstić information content (AvgIpc) is 1.85. The predicted octanol–water partition coefficient (Wildman–Crippen LogP) is 0.226. The summed E-state index contributed by atoms with van der Waals surface area (Å²) in [5, 5.41) is 0. The molecule has 0 aromatic heterocycles. The normalized spacial score (nSPS) is 12.8. The molecule has 4 N–H and O–H groups in total. The van der Waals surface area contributed by atoms with E-state index in [9.17, 15) is 0 Å². The maximum Gasteiger partial charge on any atom is 0.119 e. The SMILES string of the molecule is CCCN=C(N)C=CN. The molecular formula is C6H13N3. The Morgan fingerprint density at radius 3 is 2.78 bits per heavy atom. The fourth-order valence-electron chi connectivity index (χ4n) is 0.392. The van der Waals surface area contributed by atoms with E-state index in [-0.39, 0.29) is 0 Å². The molecule has 0 aromatic rings. The Bertz CT molecular complexity index is 115. The van der Waals surface area contributed by atoms with E-state index in [2.05, 4.69) is 4.99 Å². The lowest BCUT2D eigenvalue weighted by Gasteiger charge is -1.89. The molecule has 0 aliphatic carbocycles. The van der Waals surface area contributed by atoms with E-state index in [1.165, 1.54) is 6.20 Å². The van der Waals surface area contributed by atoms with E-state index < -0.39 is 0 Å². The van der Waals surface area contributed by atoms with Gasteiger partial charge in [-0.1, -0.05) is 6.92 Å². The van der Waals surface area contributed by atoms with Gasteiger partial charge in [0.25, 0.3) is 0 Å². The van der Waals surface area contributed by atoms with Gasteiger partial charge in [0.1, 0.15) is 5.84 Å². The molecule has 0 unspecified atom stereocenters. The minimum atomic E-state index is 0.499. The van der Waals surface area contributed by atoms with Crippen LogP contribution in [-0.4, -0.2) is 12.4 Å². The Balaban J connectivity index is 3.55. The van der Waals surface area contributed by atoms with Crippen molar-refractivity contribution in [1.29, 1.82) is 0 Å². The van der Waals surface area contributed by atoms with Crippen LogP contribution in [-0.2, 0) is 0 Å². The van der Waals surface area contributed by atoms with Crippen LogP contribution >= 0.6 is 0 Å². The Hall–Kier alpha value is -0.990. The molecule has 0 spiro atoms. The van der Waals surface area contributed by atoms with Gasteiger partial charge in [-0.2, -0.15) is 0 Å². The van der Waals surface area contributed by atoms with Crippen molar-refractivity contribution in [2.45, 2.75) is 13.3 Å². The van der Waals surface area contributed by atoms with Gasteiger partial charge in [-0.05, 0) is 18.7 Å². The van der Waals surface area contributed by atoms with Crippen molar-refractivity contribution in [2.24, 2.45) is 16.5 Å². The third kappa shape index (κ3) is 4.87. The van der Waals surface area contributed by atoms with Gasteiger partial charge in [0.05, 0.1) is 0 Å². The van der Waals surface area contributed by atoms with Crippen LogP contribution in [0.4, 0.5) is 0 Å². The quantitative estimate of drug-likeness (QED) is 0.421. The number of nitrogens with zero attached hydrogens (tertiary/aromatic N) is 1. The second-order valence-electron chi connectivity index (χ2n) is 1.67. The Kier molecular flexibility index (Phi) is 4.59. The highest BCUT2D eigenvalue weighted by Crippen LogP contribution is 1.78. The Morgan fingerprint density at radius 1 is 1.67 bits per heavy atom. The van der Waals surface area contributed by atoms with Crippen molar-refractivity contribution < 1.29 is 0 Å². The number of hydrogen-bond donors (Lipinski definition) is 2. The van der Waals surface area contributed by atoms with Crippen molar-refractivity contribution in [3.8, 4) is 0 Å². The maximum atomic E-state index is 5.35. The summed E-state index contributed by atoms with van der Waals surface area (Å²) in [5.41, 5.74) is 10.4. The molecule has 0 atom stereocenters. The summed E-state index contributed by atoms with van der Waals surface area (Å²) in [6.07, 6.45) is 3.98. The monoisotopic (exact) mass is 127 g/mol. The zero-order valence-corrected chi connectivity index (χ0v) is 5.67. The molecule has 0 saturated carbocycles. The van der Waals surface area contributed by atoms with Gasteiger partial charge in [-0.15, -0.1) is 0 Å². The van der Waals surface area contributed by atoms with Gasteiger partial charge in [0.2, 0.25) is 0 Å². The number of aliphatic imine (C=N–C) groups is 1. The predicted molar refractivity (Wildman–Crippen MR) is 40.1 cm³/mol. The molecule has 0 saturated heterocycles. The third-order valence-electron chi connectivity index (χ3n) is 0.785. The minimum absolute atomic E-state index is 0.499. The molecule has 0 aliphatic rings. The molecule has 0 aromatic carbocycles. The first-order chi connectivity index (χ1) is 4.31. The average molecular weight is 127 g/mol. The van der Waals surface area contributed by atoms with Crippen LogP contribution in [0.15, 0.2) is 17.3 Å². The second kappa shape index (κ2) is 5.15. The van der Waals surface area contributed by atoms with E-state index in [1.807, 2.05) is 6.92 Å². The van der Waals surface area contributed by atoms with E-state index in [0.29, 0.717) is 5.84 Å². The van der Waals surface area contributed by atoms with Crippen LogP contribution < -0.4 is 11.5 Å². The fourth-order valence-corrected chi connectivity index (χ4v) is 0.392. The standard InChI is InChI=1S/C6H13N3/c1-2-5-9-6(8)3-4-7/h3-4H,2,5,7H2,1H3,(H2,8,9). The topological polar surface area (TPSA) is 64.4 Å². The fraction of sp³-hybridized carbons (Fsp3) is 0.500. The smallest absolute Gasteiger partial charge is 0.119 e. The first-order valence-corrected chi connectivity index (χ1v) is 2.99. The number of hydrogen-bond acceptors (Lipinski definition) is 2. The molecular weight excluding hydrogens is 114 g/mol. The third-order valence-corrected chi connectivity index (χ3v) is 0.785. The molecule has 52 valence electrons. The molecule has 0 radical (unpaired) electrons. The largest absolute Gasteiger partial charge is 0.404 e. The molecule has 3 nitrogen and oxygen atoms in total. The van der Waals surface area contributed by atoms with Gasteiger partial charge in [-0.3, -0.25) is 4.99 Å². The number of rotatable bonds is 3. The lowest BCUT2D eigenvalue weighted by Crippen LogP contribution is -2.08. The molecule has 0 rings (SSSR count). The number of amidine groups is 1. The first kappa shape index (κ1) is 8.01. The van der Waals surface area contributed by atoms with E-state index in [1.54, 1.807) is 6.08 Å². The molecule has 0 amide bonds. The summed E-state index contributed by atoms with van der Waals surface area (Å²) in [6.45, 7) is 2.82. The van der Waals surface area contributed by atoms with Crippen LogP contribution in [0.5, 0.6) is 0 Å². The van der Waals surface area contributed by atoms with Crippen molar-refractivity contribution in [2.75, 3.05) is 6.54 Å². The van der Waals surface area contributed by atoms with E-state index in [4.69, 9.17) is 11.5 Å². The van der Waals surface area contributed by atoms with Gasteiger partial charge in [0, 0.05) is 6.54 Å². The lowest BCUT2D eigenvalue weighted by atomic mass is 10.5. The van der Waals surface area contributed by atoms with Crippen LogP contribution in [0, 0.1) is 0 Å². The minimum Gasteiger partial charge on any atom is -0.404 e. The molecule has 0 bridgehead atoms. The van der Waals surface area contributed by atoms with E-state index >= 15 is 0 Å². The van der Waals surface area contributed by atoms with Gasteiger partial charge < -0.3 is 11.5 Å². The summed E-state index contributed by atoms with van der Waals surface area (Å²) >= 11 is 0. The van der Waals surface area contributed by atoms with E-state index in [0.717, 1.165) is 13.0 Å². The van der Waals surface area contributed by atoms with Crippen molar-refractivity contribution >= 4 is 5.84 Å². The highest BCUT2D eigenvalue weighted by atomic mass is 14.8. The summed E-state index contributed by atoms with van der Waals surface area (Å²) < 4.78 is 0.